The Hall–Kier alpha value is -1.48. The van der Waals surface area contributed by atoms with Gasteiger partial charge in [0.25, 0.3) is 5.92 Å². The molecule has 0 atom stereocenters. The Balaban J connectivity index is 2.17. The monoisotopic (exact) mass is 247 g/mol. The fourth-order valence-corrected chi connectivity index (χ4v) is 2.95. The minimum absolute atomic E-state index is 0.257. The van der Waals surface area contributed by atoms with Crippen LogP contribution in [0.5, 0.6) is 0 Å². The van der Waals surface area contributed by atoms with Gasteiger partial charge in [0.05, 0.1) is 5.54 Å². The molecule has 2 N–H and O–H groups in total. The molecule has 0 aromatic heterocycles. The molecule has 0 unspecified atom stereocenters. The minimum Gasteiger partial charge on any atom is -0.321 e. The normalized spacial score (nSPS) is 20.7. The highest BCUT2D eigenvalue weighted by molar-refractivity contribution is 5.89. The average Bonchev–Trinajstić information content (AvgIpc) is 2.27. The lowest BCUT2D eigenvalue weighted by atomic mass is 9.68. The van der Waals surface area contributed by atoms with Crippen LogP contribution in [0.3, 0.4) is 0 Å². The van der Waals surface area contributed by atoms with Crippen LogP contribution in [0.1, 0.15) is 24.0 Å². The summed E-state index contributed by atoms with van der Waals surface area (Å²) >= 11 is 0. The largest absolute Gasteiger partial charge is 0.321 e. The van der Waals surface area contributed by atoms with E-state index in [1.54, 1.807) is 0 Å². The fraction of sp³-hybridized carbons (Fsp3) is 0.333. The van der Waals surface area contributed by atoms with E-state index in [-0.39, 0.29) is 12.8 Å². The van der Waals surface area contributed by atoms with Gasteiger partial charge in [0.15, 0.2) is 0 Å². The summed E-state index contributed by atoms with van der Waals surface area (Å²) in [5.74, 6) is -2.61. The van der Waals surface area contributed by atoms with Crippen LogP contribution in [0.15, 0.2) is 36.4 Å². The second-order valence-electron chi connectivity index (χ2n) is 5.34. The maximum absolute atomic E-state index is 13.1. The number of halogens is 2. The lowest BCUT2D eigenvalue weighted by Crippen LogP contribution is -2.55. The van der Waals surface area contributed by atoms with Crippen molar-refractivity contribution in [3.05, 3.63) is 47.5 Å². The molecule has 2 aromatic carbocycles. The first-order chi connectivity index (χ1) is 8.41. The number of rotatable bonds is 1. The average molecular weight is 247 g/mol. The van der Waals surface area contributed by atoms with Gasteiger partial charge in [0.2, 0.25) is 0 Å². The van der Waals surface area contributed by atoms with Crippen molar-refractivity contribution in [2.75, 3.05) is 0 Å². The number of benzene rings is 2. The van der Waals surface area contributed by atoms with Gasteiger partial charge in [-0.15, -0.1) is 0 Å². The van der Waals surface area contributed by atoms with E-state index in [2.05, 4.69) is 0 Å². The van der Waals surface area contributed by atoms with Crippen LogP contribution in [0.25, 0.3) is 10.8 Å². The number of hydrogen-bond acceptors (Lipinski definition) is 1. The van der Waals surface area contributed by atoms with Gasteiger partial charge in [-0.3, -0.25) is 0 Å². The van der Waals surface area contributed by atoms with Gasteiger partial charge in [-0.25, -0.2) is 8.78 Å². The maximum Gasteiger partial charge on any atom is 0.252 e. The van der Waals surface area contributed by atoms with Crippen molar-refractivity contribution >= 4 is 10.8 Å². The van der Waals surface area contributed by atoms with Crippen molar-refractivity contribution < 1.29 is 8.78 Å². The molecule has 0 bridgehead atoms. The first-order valence-electron chi connectivity index (χ1n) is 6.07. The van der Waals surface area contributed by atoms with Crippen LogP contribution in [0.4, 0.5) is 8.78 Å². The summed E-state index contributed by atoms with van der Waals surface area (Å²) in [6.45, 7) is 2.02. The third-order valence-corrected chi connectivity index (χ3v) is 3.83. The molecule has 0 amide bonds. The summed E-state index contributed by atoms with van der Waals surface area (Å²) < 4.78 is 26.2. The second-order valence-corrected chi connectivity index (χ2v) is 5.34. The van der Waals surface area contributed by atoms with E-state index >= 15 is 0 Å². The molecule has 0 spiro atoms. The fourth-order valence-electron chi connectivity index (χ4n) is 2.95. The topological polar surface area (TPSA) is 26.0 Å². The number of aryl methyl sites for hydroxylation is 1. The molecule has 2 aromatic rings. The third kappa shape index (κ3) is 1.62. The molecular formula is C15H15F2N. The summed E-state index contributed by atoms with van der Waals surface area (Å²) in [5, 5.41) is 2.09. The number of alkyl halides is 2. The molecule has 1 saturated carbocycles. The van der Waals surface area contributed by atoms with Gasteiger partial charge in [-0.2, -0.15) is 0 Å². The van der Waals surface area contributed by atoms with Crippen LogP contribution >= 0.6 is 0 Å². The molecule has 3 rings (SSSR count). The predicted octanol–water partition coefficient (Wildman–Crippen LogP) is 3.73. The lowest BCUT2D eigenvalue weighted by Gasteiger charge is -2.45. The maximum atomic E-state index is 13.1. The van der Waals surface area contributed by atoms with E-state index in [1.807, 2.05) is 43.3 Å². The molecule has 1 nitrogen and oxygen atoms in total. The molecule has 1 fully saturated rings. The molecule has 1 aliphatic carbocycles. The molecule has 0 aliphatic heterocycles. The van der Waals surface area contributed by atoms with E-state index in [1.165, 1.54) is 0 Å². The highest BCUT2D eigenvalue weighted by Gasteiger charge is 2.55. The van der Waals surface area contributed by atoms with Crippen molar-refractivity contribution in [2.24, 2.45) is 5.73 Å². The number of nitrogens with two attached hydrogens (primary N) is 1. The zero-order valence-electron chi connectivity index (χ0n) is 10.2. The van der Waals surface area contributed by atoms with Crippen LogP contribution in [-0.2, 0) is 5.54 Å². The molecule has 0 radical (unpaired) electrons. The van der Waals surface area contributed by atoms with Crippen molar-refractivity contribution in [1.29, 1.82) is 0 Å². The first kappa shape index (κ1) is 11.6. The Bertz CT molecular complexity index is 611. The quantitative estimate of drug-likeness (QED) is 0.816. The predicted molar refractivity (Wildman–Crippen MR) is 68.7 cm³/mol. The molecule has 1 aliphatic rings. The molecular weight excluding hydrogens is 232 g/mol. The van der Waals surface area contributed by atoms with E-state index in [4.69, 9.17) is 5.73 Å². The van der Waals surface area contributed by atoms with Crippen LogP contribution < -0.4 is 5.73 Å². The van der Waals surface area contributed by atoms with E-state index in [0.29, 0.717) is 0 Å². The van der Waals surface area contributed by atoms with Gasteiger partial charge < -0.3 is 5.73 Å². The van der Waals surface area contributed by atoms with Gasteiger partial charge >= 0.3 is 0 Å². The summed E-state index contributed by atoms with van der Waals surface area (Å²) in [6, 6.07) is 11.7. The van der Waals surface area contributed by atoms with Gasteiger partial charge in [0, 0.05) is 12.8 Å². The van der Waals surface area contributed by atoms with Crippen LogP contribution in [0, 0.1) is 6.92 Å². The van der Waals surface area contributed by atoms with Crippen LogP contribution in [0.2, 0.25) is 0 Å². The number of hydrogen-bond donors (Lipinski definition) is 1. The van der Waals surface area contributed by atoms with Crippen molar-refractivity contribution in [1.82, 2.24) is 0 Å². The summed E-state index contributed by atoms with van der Waals surface area (Å²) in [7, 11) is 0. The molecule has 0 saturated heterocycles. The Morgan fingerprint density at radius 3 is 2.22 bits per heavy atom. The smallest absolute Gasteiger partial charge is 0.252 e. The molecule has 94 valence electrons. The van der Waals surface area contributed by atoms with E-state index in [9.17, 15) is 8.78 Å². The standard InChI is InChI=1S/C15H15F2N/c1-10-6-7-13(12-5-3-2-4-11(10)12)14(18)8-15(16,17)9-14/h2-7H,8-9,18H2,1H3. The van der Waals surface area contributed by atoms with Gasteiger partial charge in [0.1, 0.15) is 0 Å². The van der Waals surface area contributed by atoms with E-state index in [0.717, 1.165) is 21.9 Å². The van der Waals surface area contributed by atoms with Crippen molar-refractivity contribution in [3.63, 3.8) is 0 Å². The highest BCUT2D eigenvalue weighted by atomic mass is 19.3. The Morgan fingerprint density at radius 2 is 1.61 bits per heavy atom. The molecule has 18 heavy (non-hydrogen) atoms. The summed E-state index contributed by atoms with van der Waals surface area (Å²) in [5.41, 5.74) is 7.24. The number of fused-ring (bicyclic) bond motifs is 1. The molecule has 0 heterocycles. The zero-order valence-corrected chi connectivity index (χ0v) is 10.2. The lowest BCUT2D eigenvalue weighted by molar-refractivity contribution is -0.124. The van der Waals surface area contributed by atoms with Gasteiger partial charge in [-0.1, -0.05) is 36.4 Å². The Labute approximate surface area is 105 Å². The third-order valence-electron chi connectivity index (χ3n) is 3.83. The zero-order chi connectivity index (χ0) is 13.0. The first-order valence-corrected chi connectivity index (χ1v) is 6.07. The van der Waals surface area contributed by atoms with E-state index < -0.39 is 11.5 Å². The van der Waals surface area contributed by atoms with Gasteiger partial charge in [-0.05, 0) is 28.8 Å². The molecule has 3 heteroatoms. The summed E-state index contributed by atoms with van der Waals surface area (Å²) in [4.78, 5) is 0. The van der Waals surface area contributed by atoms with Crippen LogP contribution in [-0.4, -0.2) is 5.92 Å². The van der Waals surface area contributed by atoms with Crippen molar-refractivity contribution in [2.45, 2.75) is 31.2 Å². The minimum atomic E-state index is -2.61. The highest BCUT2D eigenvalue weighted by Crippen LogP contribution is 2.51. The summed E-state index contributed by atoms with van der Waals surface area (Å²) in [6.07, 6.45) is -0.514. The Morgan fingerprint density at radius 1 is 1.00 bits per heavy atom. The SMILES string of the molecule is Cc1ccc(C2(N)CC(F)(F)C2)c2ccccc12. The Kier molecular flexibility index (Phi) is 2.26. The second kappa shape index (κ2) is 3.51. The van der Waals surface area contributed by atoms with Crippen molar-refractivity contribution in [3.8, 4) is 0 Å².